The number of hydrogen-bond donors (Lipinski definition) is 1. The topological polar surface area (TPSA) is 55.6 Å². The van der Waals surface area contributed by atoms with Gasteiger partial charge in [0.15, 0.2) is 0 Å². The number of nitrogens with zero attached hydrogens (tertiary/aromatic N) is 1. The second-order valence-electron chi connectivity index (χ2n) is 4.66. The van der Waals surface area contributed by atoms with Gasteiger partial charge in [0.05, 0.1) is 0 Å². The molecule has 0 bridgehead atoms. The normalized spacial score (nSPS) is 12.9. The van der Waals surface area contributed by atoms with E-state index in [4.69, 9.17) is 10.5 Å². The molecule has 0 aliphatic carbocycles. The number of amides is 1. The van der Waals surface area contributed by atoms with Crippen molar-refractivity contribution < 1.29 is 9.53 Å². The van der Waals surface area contributed by atoms with Crippen LogP contribution in [0.5, 0.6) is 0 Å². The molecular formula is C11H25ClN2O2. The Morgan fingerprint density at radius 3 is 2.38 bits per heavy atom. The molecule has 0 spiro atoms. The molecule has 0 aliphatic heterocycles. The zero-order valence-corrected chi connectivity index (χ0v) is 11.8. The number of ether oxygens (including phenoxy) is 1. The monoisotopic (exact) mass is 252 g/mol. The Morgan fingerprint density at radius 1 is 1.50 bits per heavy atom. The van der Waals surface area contributed by atoms with E-state index in [9.17, 15) is 4.79 Å². The van der Waals surface area contributed by atoms with Crippen LogP contribution in [0.2, 0.25) is 0 Å². The van der Waals surface area contributed by atoms with Crippen molar-refractivity contribution in [1.29, 1.82) is 0 Å². The number of likely N-dealkylation sites (N-methyl/N-ethyl adjacent to an activating group) is 1. The molecule has 0 saturated heterocycles. The van der Waals surface area contributed by atoms with E-state index in [1.165, 1.54) is 0 Å². The van der Waals surface area contributed by atoms with Gasteiger partial charge in [0.1, 0.15) is 6.10 Å². The lowest BCUT2D eigenvalue weighted by molar-refractivity contribution is -0.142. The van der Waals surface area contributed by atoms with Crippen molar-refractivity contribution >= 4 is 18.3 Å². The number of nitrogens with two attached hydrogens (primary N) is 1. The highest BCUT2D eigenvalue weighted by Gasteiger charge is 2.24. The molecule has 0 saturated carbocycles. The molecule has 0 aromatic carbocycles. The second kappa shape index (κ2) is 7.87. The molecule has 0 rings (SSSR count). The van der Waals surface area contributed by atoms with Crippen LogP contribution in [0.25, 0.3) is 0 Å². The first kappa shape index (κ1) is 18.1. The number of rotatable bonds is 6. The van der Waals surface area contributed by atoms with Crippen molar-refractivity contribution in [3.63, 3.8) is 0 Å². The van der Waals surface area contributed by atoms with Crippen molar-refractivity contribution in [3.8, 4) is 0 Å². The van der Waals surface area contributed by atoms with Gasteiger partial charge in [-0.15, -0.1) is 12.4 Å². The average Bonchev–Trinajstić information content (AvgIpc) is 2.16. The molecule has 98 valence electrons. The minimum Gasteiger partial charge on any atom is -0.369 e. The van der Waals surface area contributed by atoms with Gasteiger partial charge in [-0.05, 0) is 25.8 Å². The van der Waals surface area contributed by atoms with Crippen molar-refractivity contribution in [2.24, 2.45) is 11.1 Å². The first-order chi connectivity index (χ1) is 6.84. The van der Waals surface area contributed by atoms with E-state index >= 15 is 0 Å². The summed E-state index contributed by atoms with van der Waals surface area (Å²) < 4.78 is 5.25. The summed E-state index contributed by atoms with van der Waals surface area (Å²) in [6.45, 7) is 9.52. The highest BCUT2D eigenvalue weighted by atomic mass is 35.5. The summed E-state index contributed by atoms with van der Waals surface area (Å²) in [5, 5.41) is 0. The fraction of sp³-hybridized carbons (Fsp3) is 0.909. The Bertz CT molecular complexity index is 210. The van der Waals surface area contributed by atoms with Crippen LogP contribution < -0.4 is 5.73 Å². The van der Waals surface area contributed by atoms with Crippen LogP contribution in [-0.2, 0) is 9.53 Å². The van der Waals surface area contributed by atoms with Gasteiger partial charge < -0.3 is 15.4 Å². The van der Waals surface area contributed by atoms with Crippen LogP contribution in [0.3, 0.4) is 0 Å². The number of carbonyl (C=O) groups excluding carboxylic acids is 1. The van der Waals surface area contributed by atoms with Gasteiger partial charge in [-0.3, -0.25) is 4.79 Å². The molecule has 1 atom stereocenters. The summed E-state index contributed by atoms with van der Waals surface area (Å²) in [6.07, 6.45) is -0.367. The molecule has 4 nitrogen and oxygen atoms in total. The lowest BCUT2D eigenvalue weighted by Gasteiger charge is -2.30. The summed E-state index contributed by atoms with van der Waals surface area (Å²) in [5.41, 5.74) is 5.58. The van der Waals surface area contributed by atoms with Crippen LogP contribution in [0.1, 0.15) is 27.7 Å². The highest BCUT2D eigenvalue weighted by Crippen LogP contribution is 2.14. The predicted octanol–water partition coefficient (Wildman–Crippen LogP) is 1.28. The molecular weight excluding hydrogens is 228 g/mol. The Labute approximate surface area is 105 Å². The minimum atomic E-state index is -0.367. The van der Waals surface area contributed by atoms with E-state index < -0.39 is 0 Å². The summed E-state index contributed by atoms with van der Waals surface area (Å²) in [4.78, 5) is 13.5. The standard InChI is InChI=1S/C11H24N2O2.ClH/c1-6-15-9(2)10(14)13(5)8-11(3,4)7-12;/h9H,6-8,12H2,1-5H3;1H. The van der Waals surface area contributed by atoms with Crippen LogP contribution in [0, 0.1) is 5.41 Å². The smallest absolute Gasteiger partial charge is 0.251 e. The minimum absolute atomic E-state index is 0. The van der Waals surface area contributed by atoms with Gasteiger partial charge >= 0.3 is 0 Å². The van der Waals surface area contributed by atoms with Crippen LogP contribution >= 0.6 is 12.4 Å². The molecule has 0 radical (unpaired) electrons. The highest BCUT2D eigenvalue weighted by molar-refractivity contribution is 5.85. The van der Waals surface area contributed by atoms with E-state index in [1.54, 1.807) is 18.9 Å². The molecule has 0 heterocycles. The second-order valence-corrected chi connectivity index (χ2v) is 4.66. The quantitative estimate of drug-likeness (QED) is 0.775. The van der Waals surface area contributed by atoms with E-state index in [-0.39, 0.29) is 29.8 Å². The zero-order chi connectivity index (χ0) is 12.1. The predicted molar refractivity (Wildman–Crippen MR) is 68.8 cm³/mol. The van der Waals surface area contributed by atoms with Gasteiger partial charge in [-0.1, -0.05) is 13.8 Å². The Hall–Kier alpha value is -0.320. The first-order valence-electron chi connectivity index (χ1n) is 5.40. The summed E-state index contributed by atoms with van der Waals surface area (Å²) in [5.74, 6) is 0.0124. The molecule has 1 unspecified atom stereocenters. The Balaban J connectivity index is 0. The van der Waals surface area contributed by atoms with Gasteiger partial charge in [0.25, 0.3) is 5.91 Å². The lowest BCUT2D eigenvalue weighted by Crippen LogP contribution is -2.43. The van der Waals surface area contributed by atoms with Crippen molar-refractivity contribution in [2.75, 3.05) is 26.7 Å². The third-order valence-electron chi connectivity index (χ3n) is 2.36. The molecule has 0 aliphatic rings. The van der Waals surface area contributed by atoms with Gasteiger partial charge in [0.2, 0.25) is 0 Å². The van der Waals surface area contributed by atoms with Crippen molar-refractivity contribution in [3.05, 3.63) is 0 Å². The van der Waals surface area contributed by atoms with E-state index in [2.05, 4.69) is 0 Å². The zero-order valence-electron chi connectivity index (χ0n) is 10.9. The fourth-order valence-electron chi connectivity index (χ4n) is 1.42. The molecule has 1 amide bonds. The molecule has 0 aromatic heterocycles. The third kappa shape index (κ3) is 6.30. The maximum Gasteiger partial charge on any atom is 0.251 e. The largest absolute Gasteiger partial charge is 0.369 e. The third-order valence-corrected chi connectivity index (χ3v) is 2.36. The SMILES string of the molecule is CCOC(C)C(=O)N(C)CC(C)(C)CN.Cl. The van der Waals surface area contributed by atoms with E-state index in [0.29, 0.717) is 19.7 Å². The Kier molecular flexibility index (Phi) is 8.88. The van der Waals surface area contributed by atoms with Gasteiger partial charge in [-0.2, -0.15) is 0 Å². The van der Waals surface area contributed by atoms with Crippen LogP contribution in [0.15, 0.2) is 0 Å². The Morgan fingerprint density at radius 2 is 2.00 bits per heavy atom. The lowest BCUT2D eigenvalue weighted by atomic mass is 9.93. The average molecular weight is 253 g/mol. The summed E-state index contributed by atoms with van der Waals surface area (Å²) in [7, 11) is 1.79. The van der Waals surface area contributed by atoms with Gasteiger partial charge in [0, 0.05) is 20.2 Å². The van der Waals surface area contributed by atoms with Gasteiger partial charge in [-0.25, -0.2) is 0 Å². The van der Waals surface area contributed by atoms with Crippen LogP contribution in [-0.4, -0.2) is 43.7 Å². The number of halogens is 1. The van der Waals surface area contributed by atoms with Crippen molar-refractivity contribution in [2.45, 2.75) is 33.8 Å². The van der Waals surface area contributed by atoms with Crippen molar-refractivity contribution in [1.82, 2.24) is 4.90 Å². The number of carbonyl (C=O) groups is 1. The first-order valence-corrected chi connectivity index (χ1v) is 5.40. The molecule has 16 heavy (non-hydrogen) atoms. The molecule has 5 heteroatoms. The molecule has 0 aromatic rings. The van der Waals surface area contributed by atoms with E-state index in [1.807, 2.05) is 20.8 Å². The molecule has 2 N–H and O–H groups in total. The van der Waals surface area contributed by atoms with E-state index in [0.717, 1.165) is 0 Å². The summed E-state index contributed by atoms with van der Waals surface area (Å²) >= 11 is 0. The summed E-state index contributed by atoms with van der Waals surface area (Å²) in [6, 6.07) is 0. The fourth-order valence-corrected chi connectivity index (χ4v) is 1.42. The number of hydrogen-bond acceptors (Lipinski definition) is 3. The maximum atomic E-state index is 11.8. The maximum absolute atomic E-state index is 11.8. The molecule has 0 fully saturated rings. The van der Waals surface area contributed by atoms with Crippen LogP contribution in [0.4, 0.5) is 0 Å².